The highest BCUT2D eigenvalue weighted by Gasteiger charge is 2.59. The molecule has 2 amide bonds. The van der Waals surface area contributed by atoms with Crippen LogP contribution in [0.5, 0.6) is 0 Å². The SMILES string of the molecule is CC(C)n1ncc2ccc(NC(=O)NC3C4CCOC4C3(C)C)cc21. The number of benzene rings is 1. The van der Waals surface area contributed by atoms with Gasteiger partial charge in [-0.2, -0.15) is 5.10 Å². The van der Waals surface area contributed by atoms with Crippen LogP contribution in [0.3, 0.4) is 0 Å². The normalized spacial score (nSPS) is 27.2. The molecule has 0 bridgehead atoms. The second-order valence-electron chi connectivity index (χ2n) is 8.10. The lowest BCUT2D eigenvalue weighted by Crippen LogP contribution is -2.67. The summed E-state index contributed by atoms with van der Waals surface area (Å²) in [6.07, 6.45) is 3.16. The highest BCUT2D eigenvalue weighted by Crippen LogP contribution is 2.52. The van der Waals surface area contributed by atoms with Crippen molar-refractivity contribution in [1.82, 2.24) is 15.1 Å². The molecule has 2 aromatic rings. The van der Waals surface area contributed by atoms with Crippen LogP contribution in [0.15, 0.2) is 24.4 Å². The number of rotatable bonds is 3. The van der Waals surface area contributed by atoms with Crippen molar-refractivity contribution in [2.75, 3.05) is 11.9 Å². The Bertz CT molecular complexity index is 811. The Morgan fingerprint density at radius 3 is 2.96 bits per heavy atom. The largest absolute Gasteiger partial charge is 0.377 e. The topological polar surface area (TPSA) is 68.2 Å². The van der Waals surface area contributed by atoms with Crippen LogP contribution < -0.4 is 10.6 Å². The molecule has 134 valence electrons. The van der Waals surface area contributed by atoms with Crippen molar-refractivity contribution in [3.05, 3.63) is 24.4 Å². The zero-order chi connectivity index (χ0) is 17.8. The molecule has 1 saturated heterocycles. The van der Waals surface area contributed by atoms with Crippen LogP contribution in [0.4, 0.5) is 10.5 Å². The zero-order valence-corrected chi connectivity index (χ0v) is 15.2. The van der Waals surface area contributed by atoms with Crippen molar-refractivity contribution in [3.8, 4) is 0 Å². The summed E-state index contributed by atoms with van der Waals surface area (Å²) in [6, 6.07) is 6.17. The maximum absolute atomic E-state index is 12.5. The fraction of sp³-hybridized carbons (Fsp3) is 0.579. The van der Waals surface area contributed by atoms with Gasteiger partial charge in [-0.05, 0) is 38.5 Å². The predicted octanol–water partition coefficient (Wildman–Crippen LogP) is 3.55. The Labute approximate surface area is 147 Å². The van der Waals surface area contributed by atoms with Gasteiger partial charge in [-0.3, -0.25) is 4.68 Å². The summed E-state index contributed by atoms with van der Waals surface area (Å²) in [4.78, 5) is 12.5. The van der Waals surface area contributed by atoms with Gasteiger partial charge in [-0.1, -0.05) is 13.8 Å². The lowest BCUT2D eigenvalue weighted by molar-refractivity contribution is -0.107. The molecule has 2 heterocycles. The van der Waals surface area contributed by atoms with Crippen LogP contribution in [-0.2, 0) is 4.74 Å². The van der Waals surface area contributed by atoms with Crippen LogP contribution in [0.2, 0.25) is 0 Å². The summed E-state index contributed by atoms with van der Waals surface area (Å²) >= 11 is 0. The molecule has 0 radical (unpaired) electrons. The molecule has 1 saturated carbocycles. The third kappa shape index (κ3) is 2.59. The molecule has 3 unspecified atom stereocenters. The van der Waals surface area contributed by atoms with Crippen LogP contribution in [0, 0.1) is 11.3 Å². The zero-order valence-electron chi connectivity index (χ0n) is 15.2. The van der Waals surface area contributed by atoms with Crippen molar-refractivity contribution in [2.45, 2.75) is 52.3 Å². The van der Waals surface area contributed by atoms with Crippen LogP contribution >= 0.6 is 0 Å². The molecule has 2 fully saturated rings. The van der Waals surface area contributed by atoms with Gasteiger partial charge in [0.2, 0.25) is 0 Å². The number of amides is 2. The number of hydrogen-bond donors (Lipinski definition) is 2. The summed E-state index contributed by atoms with van der Waals surface area (Å²) in [5, 5.41) is 11.6. The van der Waals surface area contributed by atoms with Gasteiger partial charge in [0.15, 0.2) is 0 Å². The van der Waals surface area contributed by atoms with Crippen LogP contribution in [0.1, 0.15) is 40.2 Å². The first kappa shape index (κ1) is 16.4. The van der Waals surface area contributed by atoms with E-state index >= 15 is 0 Å². The number of nitrogens with one attached hydrogen (secondary N) is 2. The summed E-state index contributed by atoms with van der Waals surface area (Å²) in [5.41, 5.74) is 1.79. The number of hydrogen-bond acceptors (Lipinski definition) is 3. The Kier molecular flexibility index (Phi) is 3.76. The van der Waals surface area contributed by atoms with Crippen molar-refractivity contribution in [1.29, 1.82) is 0 Å². The second kappa shape index (κ2) is 5.73. The van der Waals surface area contributed by atoms with E-state index in [4.69, 9.17) is 4.74 Å². The predicted molar refractivity (Wildman–Crippen MR) is 97.7 cm³/mol. The first-order valence-electron chi connectivity index (χ1n) is 9.04. The number of aromatic nitrogens is 2. The summed E-state index contributed by atoms with van der Waals surface area (Å²) < 4.78 is 7.76. The molecule has 1 aromatic carbocycles. The lowest BCUT2D eigenvalue weighted by atomic mass is 9.57. The van der Waals surface area contributed by atoms with Gasteiger partial charge in [0.25, 0.3) is 0 Å². The molecule has 25 heavy (non-hydrogen) atoms. The van der Waals surface area contributed by atoms with Gasteiger partial charge in [-0.25, -0.2) is 4.79 Å². The van der Waals surface area contributed by atoms with Crippen molar-refractivity contribution >= 4 is 22.6 Å². The lowest BCUT2D eigenvalue weighted by Gasteiger charge is -2.54. The number of carbonyl (C=O) groups excluding carboxylic acids is 1. The van der Waals surface area contributed by atoms with E-state index in [9.17, 15) is 4.79 Å². The second-order valence-corrected chi connectivity index (χ2v) is 8.10. The Hall–Kier alpha value is -2.08. The van der Waals surface area contributed by atoms with E-state index in [2.05, 4.69) is 43.4 Å². The van der Waals surface area contributed by atoms with E-state index in [1.54, 1.807) is 0 Å². The Morgan fingerprint density at radius 2 is 2.20 bits per heavy atom. The Morgan fingerprint density at radius 1 is 1.40 bits per heavy atom. The molecular formula is C19H26N4O2. The third-order valence-corrected chi connectivity index (χ3v) is 5.73. The standard InChI is InChI=1S/C19H26N4O2/c1-11(2)23-15-9-13(6-5-12(15)10-20-23)21-18(24)22-16-14-7-8-25-17(14)19(16,3)4/h5-6,9-11,14,16-17H,7-8H2,1-4H3,(H2,21,22,24). The number of ether oxygens (including phenoxy) is 1. The van der Waals surface area contributed by atoms with Crippen molar-refractivity contribution < 1.29 is 9.53 Å². The van der Waals surface area contributed by atoms with Crippen LogP contribution in [0.25, 0.3) is 10.9 Å². The maximum Gasteiger partial charge on any atom is 0.319 e. The van der Waals surface area contributed by atoms with E-state index in [-0.39, 0.29) is 29.6 Å². The van der Waals surface area contributed by atoms with Gasteiger partial charge in [-0.15, -0.1) is 0 Å². The van der Waals surface area contributed by atoms with Gasteiger partial charge in [0.1, 0.15) is 0 Å². The molecule has 0 spiro atoms. The number of carbonyl (C=O) groups is 1. The average Bonchev–Trinajstić information content (AvgIpc) is 3.18. The number of fused-ring (bicyclic) bond motifs is 2. The minimum atomic E-state index is -0.154. The van der Waals surface area contributed by atoms with Crippen LogP contribution in [-0.4, -0.2) is 34.6 Å². The number of anilines is 1. The van der Waals surface area contributed by atoms with Gasteiger partial charge >= 0.3 is 6.03 Å². The average molecular weight is 342 g/mol. The van der Waals surface area contributed by atoms with Gasteiger partial charge in [0, 0.05) is 41.1 Å². The third-order valence-electron chi connectivity index (χ3n) is 5.73. The molecule has 6 heteroatoms. The van der Waals surface area contributed by atoms with Crippen molar-refractivity contribution in [3.63, 3.8) is 0 Å². The summed E-state index contributed by atoms with van der Waals surface area (Å²) in [6.45, 7) is 9.32. The highest BCUT2D eigenvalue weighted by molar-refractivity contribution is 5.92. The van der Waals surface area contributed by atoms with Crippen molar-refractivity contribution in [2.24, 2.45) is 11.3 Å². The first-order valence-corrected chi connectivity index (χ1v) is 9.04. The molecule has 3 atom stereocenters. The maximum atomic E-state index is 12.5. The quantitative estimate of drug-likeness (QED) is 0.896. The fourth-order valence-corrected chi connectivity index (χ4v) is 4.45. The van der Waals surface area contributed by atoms with E-state index in [1.165, 1.54) is 0 Å². The minimum Gasteiger partial charge on any atom is -0.377 e. The van der Waals surface area contributed by atoms with E-state index in [0.29, 0.717) is 5.92 Å². The van der Waals surface area contributed by atoms with Gasteiger partial charge in [0.05, 0.1) is 17.8 Å². The fourth-order valence-electron chi connectivity index (χ4n) is 4.45. The molecular weight excluding hydrogens is 316 g/mol. The van der Waals surface area contributed by atoms with E-state index < -0.39 is 0 Å². The molecule has 2 N–H and O–H groups in total. The summed E-state index contributed by atoms with van der Waals surface area (Å²) in [5.74, 6) is 0.436. The monoisotopic (exact) mass is 342 g/mol. The molecule has 4 rings (SSSR count). The molecule has 2 aliphatic rings. The molecule has 1 aliphatic carbocycles. The minimum absolute atomic E-state index is 0.0152. The highest BCUT2D eigenvalue weighted by atomic mass is 16.5. The molecule has 1 aliphatic heterocycles. The number of urea groups is 1. The first-order chi connectivity index (χ1) is 11.9. The molecule has 1 aromatic heterocycles. The summed E-state index contributed by atoms with van der Waals surface area (Å²) in [7, 11) is 0. The number of nitrogens with zero attached hydrogens (tertiary/aromatic N) is 2. The van der Waals surface area contributed by atoms with E-state index in [0.717, 1.165) is 29.6 Å². The Balaban J connectivity index is 1.48. The van der Waals surface area contributed by atoms with Gasteiger partial charge < -0.3 is 15.4 Å². The molecule has 6 nitrogen and oxygen atoms in total. The smallest absolute Gasteiger partial charge is 0.319 e. The van der Waals surface area contributed by atoms with E-state index in [1.807, 2.05) is 29.1 Å².